The molecule has 2 aromatic heterocycles. The first-order valence-corrected chi connectivity index (χ1v) is 10.9. The summed E-state index contributed by atoms with van der Waals surface area (Å²) >= 11 is 0. The Kier molecular flexibility index (Phi) is 5.58. The predicted molar refractivity (Wildman–Crippen MR) is 127 cm³/mol. The van der Waals surface area contributed by atoms with Crippen LogP contribution in [-0.4, -0.2) is 43.7 Å². The van der Waals surface area contributed by atoms with Crippen LogP contribution in [0.1, 0.15) is 29.5 Å². The summed E-state index contributed by atoms with van der Waals surface area (Å²) in [7, 11) is 0. The number of aromatic hydroxyl groups is 1. The number of nitro groups is 1. The zero-order chi connectivity index (χ0) is 22.8. The minimum absolute atomic E-state index is 0.0497. The lowest BCUT2D eigenvalue weighted by molar-refractivity contribution is -0.384. The second-order valence-corrected chi connectivity index (χ2v) is 8.18. The monoisotopic (exact) mass is 441 g/mol. The third kappa shape index (κ3) is 4.33. The maximum absolute atomic E-state index is 11.2. The number of likely N-dealkylation sites (tertiary alicyclic amines) is 1. The Morgan fingerprint density at radius 1 is 1.09 bits per heavy atom. The minimum Gasteiger partial charge on any atom is -0.494 e. The van der Waals surface area contributed by atoms with Gasteiger partial charge in [0, 0.05) is 42.0 Å². The number of non-ortho nitro benzene ring substituents is 1. The van der Waals surface area contributed by atoms with Gasteiger partial charge >= 0.3 is 0 Å². The van der Waals surface area contributed by atoms with E-state index in [-0.39, 0.29) is 11.6 Å². The Balaban J connectivity index is 1.57. The molecule has 1 fully saturated rings. The molecular weight excluding hydrogens is 418 g/mol. The molecule has 4 aromatic rings. The molecule has 8 nitrogen and oxygen atoms in total. The first kappa shape index (κ1) is 20.8. The average Bonchev–Trinajstić information content (AvgIpc) is 3.45. The van der Waals surface area contributed by atoms with Crippen LogP contribution < -0.4 is 0 Å². The molecule has 0 radical (unpaired) electrons. The van der Waals surface area contributed by atoms with Gasteiger partial charge in [0.2, 0.25) is 0 Å². The zero-order valence-electron chi connectivity index (χ0n) is 17.9. The van der Waals surface area contributed by atoms with Crippen molar-refractivity contribution in [2.75, 3.05) is 13.1 Å². The van der Waals surface area contributed by atoms with Crippen molar-refractivity contribution in [3.05, 3.63) is 93.8 Å². The fourth-order valence-electron chi connectivity index (χ4n) is 4.30. The zero-order valence-corrected chi connectivity index (χ0v) is 17.9. The van der Waals surface area contributed by atoms with Gasteiger partial charge in [0.1, 0.15) is 0 Å². The Labute approximate surface area is 190 Å². The van der Waals surface area contributed by atoms with Gasteiger partial charge in [0.15, 0.2) is 5.88 Å². The van der Waals surface area contributed by atoms with Gasteiger partial charge < -0.3 is 10.1 Å². The molecule has 1 saturated heterocycles. The number of aromatic nitrogens is 2. The SMILES string of the molecule is O=[N+]([O-])c1ccc2c(C(=Nc3ccc(CN4CCCC4)cc3)c3ccncc3)c(O)[nH]c2c1. The Bertz CT molecular complexity index is 1320. The first-order valence-electron chi connectivity index (χ1n) is 10.9. The van der Waals surface area contributed by atoms with Crippen molar-refractivity contribution in [3.63, 3.8) is 0 Å². The van der Waals surface area contributed by atoms with Crippen LogP contribution in [0.2, 0.25) is 0 Å². The largest absolute Gasteiger partial charge is 0.494 e. The molecule has 3 heterocycles. The van der Waals surface area contributed by atoms with Crippen LogP contribution >= 0.6 is 0 Å². The number of fused-ring (bicyclic) bond motifs is 1. The first-order chi connectivity index (χ1) is 16.1. The molecule has 166 valence electrons. The topological polar surface area (TPSA) is 108 Å². The van der Waals surface area contributed by atoms with Crippen LogP contribution in [-0.2, 0) is 6.54 Å². The van der Waals surface area contributed by atoms with Crippen molar-refractivity contribution in [1.29, 1.82) is 0 Å². The summed E-state index contributed by atoms with van der Waals surface area (Å²) in [6.45, 7) is 3.22. The van der Waals surface area contributed by atoms with Crippen LogP contribution in [0.25, 0.3) is 10.9 Å². The molecule has 2 aromatic carbocycles. The summed E-state index contributed by atoms with van der Waals surface area (Å²) in [5.74, 6) is -0.0910. The lowest BCUT2D eigenvalue weighted by Gasteiger charge is -2.14. The normalized spacial score (nSPS) is 14.7. The van der Waals surface area contributed by atoms with Crippen molar-refractivity contribution in [2.24, 2.45) is 4.99 Å². The van der Waals surface area contributed by atoms with E-state index in [0.717, 1.165) is 30.9 Å². The number of nitrogens with zero attached hydrogens (tertiary/aromatic N) is 4. The van der Waals surface area contributed by atoms with Crippen molar-refractivity contribution in [1.82, 2.24) is 14.9 Å². The number of nitrogens with one attached hydrogen (secondary N) is 1. The molecule has 2 N–H and O–H groups in total. The van der Waals surface area contributed by atoms with E-state index in [2.05, 4.69) is 27.0 Å². The number of H-pyrrole nitrogens is 1. The summed E-state index contributed by atoms with van der Waals surface area (Å²) in [6, 6.07) is 16.2. The van der Waals surface area contributed by atoms with Gasteiger partial charge in [0.05, 0.1) is 27.4 Å². The van der Waals surface area contributed by atoms with Gasteiger partial charge in [0.25, 0.3) is 5.69 Å². The van der Waals surface area contributed by atoms with E-state index in [4.69, 9.17) is 4.99 Å². The molecular formula is C25H23N5O3. The quantitative estimate of drug-likeness (QED) is 0.250. The highest BCUT2D eigenvalue weighted by molar-refractivity contribution is 6.21. The number of aromatic amines is 1. The third-order valence-electron chi connectivity index (χ3n) is 5.95. The van der Waals surface area contributed by atoms with Crippen LogP contribution in [0.3, 0.4) is 0 Å². The summed E-state index contributed by atoms with van der Waals surface area (Å²) in [5.41, 5.74) is 4.24. The smallest absolute Gasteiger partial charge is 0.271 e. The minimum atomic E-state index is -0.460. The number of hydrogen-bond donors (Lipinski definition) is 2. The number of nitro benzene ring substituents is 1. The summed E-state index contributed by atoms with van der Waals surface area (Å²) < 4.78 is 0. The summed E-state index contributed by atoms with van der Waals surface area (Å²) in [6.07, 6.45) is 5.85. The molecule has 1 aliphatic heterocycles. The molecule has 0 aliphatic carbocycles. The molecule has 0 atom stereocenters. The maximum Gasteiger partial charge on any atom is 0.271 e. The molecule has 0 bridgehead atoms. The molecule has 33 heavy (non-hydrogen) atoms. The van der Waals surface area contributed by atoms with E-state index in [0.29, 0.717) is 22.2 Å². The highest BCUT2D eigenvalue weighted by Crippen LogP contribution is 2.33. The lowest BCUT2D eigenvalue weighted by Crippen LogP contribution is -2.18. The van der Waals surface area contributed by atoms with Crippen LogP contribution in [0.5, 0.6) is 5.88 Å². The summed E-state index contributed by atoms with van der Waals surface area (Å²) in [4.78, 5) is 25.0. The van der Waals surface area contributed by atoms with Gasteiger partial charge in [-0.05, 0) is 61.8 Å². The van der Waals surface area contributed by atoms with Crippen LogP contribution in [0.15, 0.2) is 72.0 Å². The fraction of sp³-hybridized carbons (Fsp3) is 0.200. The number of benzene rings is 2. The van der Waals surface area contributed by atoms with E-state index in [1.807, 2.05) is 24.3 Å². The van der Waals surface area contributed by atoms with E-state index in [1.54, 1.807) is 18.5 Å². The highest BCUT2D eigenvalue weighted by Gasteiger charge is 2.20. The Hall–Kier alpha value is -4.04. The van der Waals surface area contributed by atoms with Crippen molar-refractivity contribution >= 4 is 28.0 Å². The summed E-state index contributed by atoms with van der Waals surface area (Å²) in [5, 5.41) is 22.6. The third-order valence-corrected chi connectivity index (χ3v) is 5.95. The van der Waals surface area contributed by atoms with Gasteiger partial charge in [-0.15, -0.1) is 0 Å². The molecule has 5 rings (SSSR count). The van der Waals surface area contributed by atoms with Gasteiger partial charge in [-0.25, -0.2) is 4.99 Å². The number of aliphatic imine (C=N–C) groups is 1. The van der Waals surface area contributed by atoms with E-state index in [1.165, 1.54) is 30.5 Å². The second-order valence-electron chi connectivity index (χ2n) is 8.18. The lowest BCUT2D eigenvalue weighted by atomic mass is 10.0. The maximum atomic E-state index is 11.2. The molecule has 0 unspecified atom stereocenters. The van der Waals surface area contributed by atoms with Gasteiger partial charge in [-0.1, -0.05) is 12.1 Å². The second kappa shape index (κ2) is 8.84. The van der Waals surface area contributed by atoms with Crippen LogP contribution in [0, 0.1) is 10.1 Å². The standard InChI is InChI=1S/C25H23N5O3/c31-25-23(21-8-7-20(30(32)33)15-22(21)28-25)24(18-9-11-26-12-10-18)27-19-5-3-17(4-6-19)16-29-13-1-2-14-29/h3-12,15,28,31H,1-2,13-14,16H2. The molecule has 0 amide bonds. The van der Waals surface area contributed by atoms with Gasteiger partial charge in [-0.2, -0.15) is 0 Å². The van der Waals surface area contributed by atoms with Crippen molar-refractivity contribution in [2.45, 2.75) is 19.4 Å². The number of pyridine rings is 1. The number of rotatable bonds is 6. The molecule has 1 aliphatic rings. The molecule has 8 heteroatoms. The number of hydrogen-bond acceptors (Lipinski definition) is 6. The van der Waals surface area contributed by atoms with Crippen molar-refractivity contribution in [3.8, 4) is 5.88 Å². The van der Waals surface area contributed by atoms with E-state index in [9.17, 15) is 15.2 Å². The predicted octanol–water partition coefficient (Wildman–Crippen LogP) is 4.94. The van der Waals surface area contributed by atoms with Gasteiger partial charge in [-0.3, -0.25) is 20.0 Å². The van der Waals surface area contributed by atoms with E-state index < -0.39 is 4.92 Å². The molecule has 0 spiro atoms. The van der Waals surface area contributed by atoms with Crippen molar-refractivity contribution < 1.29 is 10.0 Å². The average molecular weight is 441 g/mol. The Morgan fingerprint density at radius 3 is 2.52 bits per heavy atom. The Morgan fingerprint density at radius 2 is 1.82 bits per heavy atom. The highest BCUT2D eigenvalue weighted by atomic mass is 16.6. The van der Waals surface area contributed by atoms with E-state index >= 15 is 0 Å². The molecule has 0 saturated carbocycles. The fourth-order valence-corrected chi connectivity index (χ4v) is 4.30. The van der Waals surface area contributed by atoms with Crippen LogP contribution in [0.4, 0.5) is 11.4 Å².